The zero-order chi connectivity index (χ0) is 16.8. The molecule has 1 fully saturated rings. The molecule has 0 spiro atoms. The Hall–Kier alpha value is -0.440. The molecule has 1 aliphatic rings. The van der Waals surface area contributed by atoms with Crippen molar-refractivity contribution in [2.75, 3.05) is 12.3 Å². The van der Waals surface area contributed by atoms with Gasteiger partial charge in [0.1, 0.15) is 6.04 Å². The van der Waals surface area contributed by atoms with Gasteiger partial charge < -0.3 is 21.7 Å². The summed E-state index contributed by atoms with van der Waals surface area (Å²) in [5.41, 5.74) is 10.4. The highest BCUT2D eigenvalue weighted by molar-refractivity contribution is 8.77. The first kappa shape index (κ1) is 21.6. The molecule has 0 bridgehead atoms. The van der Waals surface area contributed by atoms with Gasteiger partial charge in [0, 0.05) is 17.4 Å². The minimum absolute atomic E-state index is 0.338. The predicted molar refractivity (Wildman–Crippen MR) is 93.1 cm³/mol. The van der Waals surface area contributed by atoms with E-state index in [1.54, 1.807) is 0 Å². The Morgan fingerprint density at radius 1 is 1.18 bits per heavy atom. The van der Waals surface area contributed by atoms with Crippen LogP contribution in [0.15, 0.2) is 0 Å². The summed E-state index contributed by atoms with van der Waals surface area (Å²) in [5.74, 6) is -0.325. The molecule has 1 unspecified atom stereocenters. The summed E-state index contributed by atoms with van der Waals surface area (Å²) in [6.45, 7) is 0.604. The van der Waals surface area contributed by atoms with Crippen molar-refractivity contribution in [2.24, 2.45) is 11.5 Å². The first-order chi connectivity index (χ1) is 10.5. The van der Waals surface area contributed by atoms with Gasteiger partial charge >= 0.3 is 11.9 Å². The van der Waals surface area contributed by atoms with E-state index in [0.717, 1.165) is 30.9 Å². The highest BCUT2D eigenvalue weighted by Gasteiger charge is 2.15. The number of unbranched alkanes of at least 4 members (excludes halogenated alkanes) is 2. The van der Waals surface area contributed by atoms with Crippen LogP contribution in [0.4, 0.5) is 0 Å². The third-order valence-corrected chi connectivity index (χ3v) is 6.19. The smallest absolute Gasteiger partial charge is 0.320 e. The summed E-state index contributed by atoms with van der Waals surface area (Å²) in [6.07, 6.45) is 6.93. The van der Waals surface area contributed by atoms with Crippen LogP contribution in [0.3, 0.4) is 0 Å². The number of hydrogen-bond acceptors (Lipinski definition) is 6. The lowest BCUT2D eigenvalue weighted by Gasteiger charge is -2.04. The van der Waals surface area contributed by atoms with Gasteiger partial charge in [-0.05, 0) is 38.6 Å². The number of carbonyl (C=O) groups is 2. The quantitative estimate of drug-likeness (QED) is 0.348. The zero-order valence-electron chi connectivity index (χ0n) is 12.9. The molecule has 130 valence electrons. The molecule has 0 amide bonds. The minimum atomic E-state index is -0.933. The molecule has 22 heavy (non-hydrogen) atoms. The fourth-order valence-electron chi connectivity index (χ4n) is 1.84. The summed E-state index contributed by atoms with van der Waals surface area (Å²) in [6, 6.07) is -0.716. The van der Waals surface area contributed by atoms with E-state index in [1.807, 2.05) is 21.6 Å². The Bertz CT molecular complexity index is 313. The highest BCUT2D eigenvalue weighted by Crippen LogP contribution is 2.39. The fourth-order valence-corrected chi connectivity index (χ4v) is 4.87. The van der Waals surface area contributed by atoms with Gasteiger partial charge in [0.05, 0.1) is 0 Å². The van der Waals surface area contributed by atoms with Crippen molar-refractivity contribution >= 4 is 33.5 Å². The Kier molecular flexibility index (Phi) is 13.9. The largest absolute Gasteiger partial charge is 0.481 e. The molecule has 1 heterocycles. The molecule has 1 aliphatic heterocycles. The third-order valence-electron chi connectivity index (χ3n) is 3.18. The first-order valence-corrected chi connectivity index (χ1v) is 10.0. The summed E-state index contributed by atoms with van der Waals surface area (Å²) in [5, 5.41) is 17.5. The Labute approximate surface area is 140 Å². The van der Waals surface area contributed by atoms with Crippen LogP contribution >= 0.6 is 21.6 Å². The van der Waals surface area contributed by atoms with Gasteiger partial charge in [-0.1, -0.05) is 34.4 Å². The number of nitrogens with two attached hydrogens (primary N) is 2. The van der Waals surface area contributed by atoms with Crippen LogP contribution < -0.4 is 11.5 Å². The Balaban J connectivity index is 0.000000409. The van der Waals surface area contributed by atoms with Crippen LogP contribution in [0.25, 0.3) is 0 Å². The fraction of sp³-hybridized carbons (Fsp3) is 0.857. The van der Waals surface area contributed by atoms with E-state index >= 15 is 0 Å². The van der Waals surface area contributed by atoms with Crippen molar-refractivity contribution < 1.29 is 19.8 Å². The van der Waals surface area contributed by atoms with Crippen molar-refractivity contribution in [2.45, 2.75) is 62.7 Å². The Morgan fingerprint density at radius 2 is 1.91 bits per heavy atom. The van der Waals surface area contributed by atoms with Crippen molar-refractivity contribution in [3.05, 3.63) is 0 Å². The molecule has 6 N–H and O–H groups in total. The molecule has 0 aromatic heterocycles. The predicted octanol–water partition coefficient (Wildman–Crippen LogP) is 2.31. The highest BCUT2D eigenvalue weighted by atomic mass is 33.1. The monoisotopic (exact) mass is 352 g/mol. The number of aliphatic carboxylic acids is 2. The van der Waals surface area contributed by atoms with Crippen LogP contribution in [-0.4, -0.2) is 45.7 Å². The van der Waals surface area contributed by atoms with Crippen molar-refractivity contribution in [3.8, 4) is 0 Å². The second-order valence-corrected chi connectivity index (χ2v) is 7.99. The molecule has 1 rings (SSSR count). The summed E-state index contributed by atoms with van der Waals surface area (Å²) in [4.78, 5) is 20.3. The summed E-state index contributed by atoms with van der Waals surface area (Å²) in [7, 11) is 3.92. The van der Waals surface area contributed by atoms with Gasteiger partial charge in [0.2, 0.25) is 0 Å². The maximum Gasteiger partial charge on any atom is 0.320 e. The molecular formula is C14H28N2O4S2. The lowest BCUT2D eigenvalue weighted by atomic mass is 10.1. The molecule has 1 saturated heterocycles. The van der Waals surface area contributed by atoms with Gasteiger partial charge in [-0.25, -0.2) is 0 Å². The average Bonchev–Trinajstić information content (AvgIpc) is 2.97. The van der Waals surface area contributed by atoms with Gasteiger partial charge in [0.25, 0.3) is 0 Å². The van der Waals surface area contributed by atoms with Gasteiger partial charge in [-0.3, -0.25) is 9.59 Å². The van der Waals surface area contributed by atoms with E-state index in [0.29, 0.717) is 19.4 Å². The lowest BCUT2D eigenvalue weighted by molar-refractivity contribution is -0.139. The third kappa shape index (κ3) is 13.2. The van der Waals surface area contributed by atoms with Crippen LogP contribution in [-0.2, 0) is 9.59 Å². The molecule has 0 aromatic carbocycles. The van der Waals surface area contributed by atoms with Crippen molar-refractivity contribution in [3.63, 3.8) is 0 Å². The van der Waals surface area contributed by atoms with E-state index in [2.05, 4.69) is 0 Å². The number of carboxylic acids is 2. The molecular weight excluding hydrogens is 324 g/mol. The van der Waals surface area contributed by atoms with Crippen molar-refractivity contribution in [1.82, 2.24) is 0 Å². The molecule has 0 radical (unpaired) electrons. The van der Waals surface area contributed by atoms with Crippen LogP contribution in [0, 0.1) is 0 Å². The number of hydrogen-bond donors (Lipinski definition) is 4. The molecule has 6 nitrogen and oxygen atoms in total. The second-order valence-electron chi connectivity index (χ2n) is 5.20. The van der Waals surface area contributed by atoms with Gasteiger partial charge in [-0.15, -0.1) is 0 Å². The van der Waals surface area contributed by atoms with Gasteiger partial charge in [0.15, 0.2) is 0 Å². The van der Waals surface area contributed by atoms with Crippen LogP contribution in [0.2, 0.25) is 0 Å². The maximum atomic E-state index is 10.2. The topological polar surface area (TPSA) is 127 Å². The van der Waals surface area contributed by atoms with E-state index in [9.17, 15) is 9.59 Å². The standard InChI is InChI=1S/C8H14O2S2.C6H14N2O2/c9-8(10)4-2-1-3-7-5-6-11-12-7;7-4-2-1-3-5(8)6(9)10/h7H,1-6H2,(H,9,10);5H,1-4,7-8H2,(H,9,10)/t;5-/m.0/s1. The molecule has 0 saturated carbocycles. The van der Waals surface area contributed by atoms with Crippen LogP contribution in [0.1, 0.15) is 51.4 Å². The second kappa shape index (κ2) is 14.2. The summed E-state index contributed by atoms with van der Waals surface area (Å²) < 4.78 is 0. The number of rotatable bonds is 10. The molecule has 0 aromatic rings. The van der Waals surface area contributed by atoms with Crippen LogP contribution in [0.5, 0.6) is 0 Å². The zero-order valence-corrected chi connectivity index (χ0v) is 14.5. The molecule has 2 atom stereocenters. The van der Waals surface area contributed by atoms with E-state index in [4.69, 9.17) is 21.7 Å². The Morgan fingerprint density at radius 3 is 2.41 bits per heavy atom. The SMILES string of the molecule is NCCCC[C@H](N)C(=O)O.O=C(O)CCCCC1CCSS1. The molecule has 0 aliphatic carbocycles. The first-order valence-electron chi connectivity index (χ1n) is 7.66. The van der Waals surface area contributed by atoms with E-state index in [-0.39, 0.29) is 0 Å². The van der Waals surface area contributed by atoms with Gasteiger partial charge in [-0.2, -0.15) is 0 Å². The molecule has 8 heteroatoms. The number of carboxylic acid groups (broad SMARTS) is 2. The average molecular weight is 353 g/mol. The van der Waals surface area contributed by atoms with E-state index in [1.165, 1.54) is 18.6 Å². The summed E-state index contributed by atoms with van der Waals surface area (Å²) >= 11 is 0. The normalized spacial score (nSPS) is 18.4. The lowest BCUT2D eigenvalue weighted by Crippen LogP contribution is -2.29. The van der Waals surface area contributed by atoms with E-state index < -0.39 is 18.0 Å². The maximum absolute atomic E-state index is 10.2. The van der Waals surface area contributed by atoms with Crippen molar-refractivity contribution in [1.29, 1.82) is 0 Å². The minimum Gasteiger partial charge on any atom is -0.481 e.